The number of aliphatic imine (C=N–C) groups is 1. The number of hydrogen-bond donors (Lipinski definition) is 2. The van der Waals surface area contributed by atoms with Gasteiger partial charge in [-0.25, -0.2) is 0 Å². The van der Waals surface area contributed by atoms with Gasteiger partial charge in [0.15, 0.2) is 5.96 Å². The number of guanidine groups is 1. The predicted octanol–water partition coefficient (Wildman–Crippen LogP) is 2.42. The molecule has 2 N–H and O–H groups in total. The Morgan fingerprint density at radius 3 is 2.77 bits per heavy atom. The van der Waals surface area contributed by atoms with Gasteiger partial charge in [-0.2, -0.15) is 0 Å². The smallest absolute Gasteiger partial charge is 0.191 e. The molecule has 1 aliphatic heterocycles. The molecule has 0 spiro atoms. The zero-order chi connectivity index (χ0) is 18.2. The molecule has 2 aromatic rings. The van der Waals surface area contributed by atoms with Crippen molar-refractivity contribution in [3.63, 3.8) is 0 Å². The van der Waals surface area contributed by atoms with Crippen LogP contribution < -0.4 is 15.4 Å². The first-order valence-electron chi connectivity index (χ1n) is 9.15. The van der Waals surface area contributed by atoms with Crippen LogP contribution in [0.3, 0.4) is 0 Å². The molecule has 0 radical (unpaired) electrons. The van der Waals surface area contributed by atoms with E-state index in [-0.39, 0.29) is 0 Å². The Balaban J connectivity index is 1.42. The van der Waals surface area contributed by atoms with Crippen molar-refractivity contribution in [3.8, 4) is 5.75 Å². The number of rotatable bonds is 6. The van der Waals surface area contributed by atoms with E-state index in [0.717, 1.165) is 44.3 Å². The summed E-state index contributed by atoms with van der Waals surface area (Å²) in [4.78, 5) is 6.80. The van der Waals surface area contributed by atoms with Gasteiger partial charge >= 0.3 is 0 Å². The van der Waals surface area contributed by atoms with Gasteiger partial charge in [0.1, 0.15) is 5.75 Å². The summed E-state index contributed by atoms with van der Waals surface area (Å²) in [7, 11) is 3.49. The fourth-order valence-corrected chi connectivity index (χ4v) is 3.27. The first kappa shape index (κ1) is 18.3. The lowest BCUT2D eigenvalue weighted by Crippen LogP contribution is -2.42. The quantitative estimate of drug-likeness (QED) is 0.619. The maximum Gasteiger partial charge on any atom is 0.191 e. The number of nitrogens with one attached hydrogen (secondary N) is 2. The van der Waals surface area contributed by atoms with Gasteiger partial charge in [-0.1, -0.05) is 36.4 Å². The molecule has 2 aromatic carbocycles. The van der Waals surface area contributed by atoms with E-state index in [1.165, 1.54) is 16.7 Å². The summed E-state index contributed by atoms with van der Waals surface area (Å²) in [5.74, 6) is 1.70. The number of fused-ring (bicyclic) bond motifs is 1. The summed E-state index contributed by atoms with van der Waals surface area (Å²) >= 11 is 0. The van der Waals surface area contributed by atoms with Crippen LogP contribution in [0.1, 0.15) is 16.7 Å². The summed E-state index contributed by atoms with van der Waals surface area (Å²) in [5, 5.41) is 6.76. The van der Waals surface area contributed by atoms with E-state index in [4.69, 9.17) is 4.74 Å². The van der Waals surface area contributed by atoms with Gasteiger partial charge in [-0.05, 0) is 35.2 Å². The van der Waals surface area contributed by atoms with E-state index < -0.39 is 0 Å². The van der Waals surface area contributed by atoms with Crippen molar-refractivity contribution < 1.29 is 4.74 Å². The molecule has 0 aliphatic carbocycles. The van der Waals surface area contributed by atoms with Crippen molar-refractivity contribution >= 4 is 5.96 Å². The minimum absolute atomic E-state index is 0.716. The molecule has 0 aromatic heterocycles. The van der Waals surface area contributed by atoms with Crippen molar-refractivity contribution in [2.75, 3.05) is 33.8 Å². The van der Waals surface area contributed by atoms with Crippen LogP contribution in [0.15, 0.2) is 53.5 Å². The van der Waals surface area contributed by atoms with E-state index in [1.54, 1.807) is 14.2 Å². The van der Waals surface area contributed by atoms with Crippen LogP contribution in [0.25, 0.3) is 0 Å². The maximum atomic E-state index is 5.27. The number of methoxy groups -OCH3 is 1. The Hall–Kier alpha value is -2.53. The second-order valence-corrected chi connectivity index (χ2v) is 6.50. The fourth-order valence-electron chi connectivity index (χ4n) is 3.27. The van der Waals surface area contributed by atoms with Gasteiger partial charge in [0.05, 0.1) is 7.11 Å². The predicted molar refractivity (Wildman–Crippen MR) is 107 cm³/mol. The van der Waals surface area contributed by atoms with Gasteiger partial charge in [-0.3, -0.25) is 9.89 Å². The molecule has 5 nitrogen and oxygen atoms in total. The summed E-state index contributed by atoms with van der Waals surface area (Å²) in [5.41, 5.74) is 4.12. The summed E-state index contributed by atoms with van der Waals surface area (Å²) in [6, 6.07) is 16.8. The van der Waals surface area contributed by atoms with Crippen LogP contribution in [-0.2, 0) is 19.5 Å². The van der Waals surface area contributed by atoms with Crippen LogP contribution in [0.2, 0.25) is 0 Å². The molecular formula is C21H28N4O. The average Bonchev–Trinajstić information content (AvgIpc) is 2.70. The molecule has 3 rings (SSSR count). The van der Waals surface area contributed by atoms with Crippen LogP contribution in [0.5, 0.6) is 5.75 Å². The third-order valence-electron chi connectivity index (χ3n) is 4.75. The SMILES string of the molecule is CN=C(NCCN1CCc2ccccc2C1)NCc1cccc(OC)c1. The first-order valence-corrected chi connectivity index (χ1v) is 9.15. The minimum Gasteiger partial charge on any atom is -0.497 e. The molecule has 0 amide bonds. The van der Waals surface area contributed by atoms with E-state index in [0.29, 0.717) is 6.54 Å². The Labute approximate surface area is 156 Å². The van der Waals surface area contributed by atoms with Gasteiger partial charge < -0.3 is 15.4 Å². The molecule has 0 bridgehead atoms. The topological polar surface area (TPSA) is 48.9 Å². The highest BCUT2D eigenvalue weighted by Gasteiger charge is 2.15. The monoisotopic (exact) mass is 352 g/mol. The van der Waals surface area contributed by atoms with Crippen molar-refractivity contribution in [2.24, 2.45) is 4.99 Å². The molecule has 138 valence electrons. The van der Waals surface area contributed by atoms with E-state index in [9.17, 15) is 0 Å². The lowest BCUT2D eigenvalue weighted by atomic mass is 10.00. The Morgan fingerprint density at radius 1 is 1.12 bits per heavy atom. The highest BCUT2D eigenvalue weighted by Crippen LogP contribution is 2.17. The molecule has 1 aliphatic rings. The van der Waals surface area contributed by atoms with Crippen molar-refractivity contribution in [1.82, 2.24) is 15.5 Å². The first-order chi connectivity index (χ1) is 12.8. The highest BCUT2D eigenvalue weighted by atomic mass is 16.5. The number of hydrogen-bond acceptors (Lipinski definition) is 3. The third kappa shape index (κ3) is 4.99. The van der Waals surface area contributed by atoms with Crippen molar-refractivity contribution in [3.05, 3.63) is 65.2 Å². The number of benzene rings is 2. The van der Waals surface area contributed by atoms with E-state index in [2.05, 4.69) is 50.9 Å². The normalized spacial score (nSPS) is 14.6. The van der Waals surface area contributed by atoms with Gasteiger partial charge in [0.2, 0.25) is 0 Å². The molecule has 5 heteroatoms. The number of ether oxygens (including phenoxy) is 1. The second-order valence-electron chi connectivity index (χ2n) is 6.50. The lowest BCUT2D eigenvalue weighted by Gasteiger charge is -2.28. The van der Waals surface area contributed by atoms with Crippen LogP contribution in [-0.4, -0.2) is 44.7 Å². The van der Waals surface area contributed by atoms with Gasteiger partial charge in [0, 0.05) is 39.8 Å². The standard InChI is InChI=1S/C21H28N4O/c1-22-21(24-15-17-6-5-9-20(14-17)26-2)23-11-13-25-12-10-18-7-3-4-8-19(18)16-25/h3-9,14H,10-13,15-16H2,1-2H3,(H2,22,23,24). The molecule has 0 saturated heterocycles. The molecular weight excluding hydrogens is 324 g/mol. The van der Waals surface area contributed by atoms with Crippen molar-refractivity contribution in [2.45, 2.75) is 19.5 Å². The molecule has 0 saturated carbocycles. The zero-order valence-electron chi connectivity index (χ0n) is 15.7. The Morgan fingerprint density at radius 2 is 1.96 bits per heavy atom. The van der Waals surface area contributed by atoms with Crippen molar-refractivity contribution in [1.29, 1.82) is 0 Å². The van der Waals surface area contributed by atoms with Crippen LogP contribution >= 0.6 is 0 Å². The largest absolute Gasteiger partial charge is 0.497 e. The van der Waals surface area contributed by atoms with Gasteiger partial charge in [-0.15, -0.1) is 0 Å². The molecule has 0 unspecified atom stereocenters. The molecule has 26 heavy (non-hydrogen) atoms. The second kappa shape index (κ2) is 9.25. The Kier molecular flexibility index (Phi) is 6.50. The molecule has 1 heterocycles. The average molecular weight is 352 g/mol. The zero-order valence-corrected chi connectivity index (χ0v) is 15.7. The fraction of sp³-hybridized carbons (Fsp3) is 0.381. The minimum atomic E-state index is 0.716. The third-order valence-corrected chi connectivity index (χ3v) is 4.75. The Bertz CT molecular complexity index is 744. The number of nitrogens with zero attached hydrogens (tertiary/aromatic N) is 2. The van der Waals surface area contributed by atoms with Crippen LogP contribution in [0, 0.1) is 0 Å². The lowest BCUT2D eigenvalue weighted by molar-refractivity contribution is 0.258. The van der Waals surface area contributed by atoms with E-state index in [1.807, 2.05) is 18.2 Å². The summed E-state index contributed by atoms with van der Waals surface area (Å²) < 4.78 is 5.27. The van der Waals surface area contributed by atoms with Gasteiger partial charge in [0.25, 0.3) is 0 Å². The van der Waals surface area contributed by atoms with E-state index >= 15 is 0 Å². The summed E-state index contributed by atoms with van der Waals surface area (Å²) in [6.07, 6.45) is 1.14. The maximum absolute atomic E-state index is 5.27. The highest BCUT2D eigenvalue weighted by molar-refractivity contribution is 5.79. The molecule has 0 fully saturated rings. The molecule has 0 atom stereocenters. The van der Waals surface area contributed by atoms with Crippen LogP contribution in [0.4, 0.5) is 0 Å². The summed E-state index contributed by atoms with van der Waals surface area (Å²) in [6.45, 7) is 4.75.